The van der Waals surface area contributed by atoms with Crippen molar-refractivity contribution in [3.63, 3.8) is 0 Å². The average Bonchev–Trinajstić information content (AvgIpc) is 3.19. The minimum atomic E-state index is 0.153. The van der Waals surface area contributed by atoms with E-state index in [9.17, 15) is 5.11 Å². The molecule has 1 aliphatic rings. The van der Waals surface area contributed by atoms with Crippen LogP contribution in [-0.4, -0.2) is 24.6 Å². The van der Waals surface area contributed by atoms with Gasteiger partial charge < -0.3 is 9.67 Å². The highest BCUT2D eigenvalue weighted by atomic mass is 16.3. The number of imidazole rings is 1. The van der Waals surface area contributed by atoms with E-state index in [4.69, 9.17) is 0 Å². The van der Waals surface area contributed by atoms with Gasteiger partial charge in [0.1, 0.15) is 17.1 Å². The third-order valence-corrected chi connectivity index (χ3v) is 3.40. The zero-order valence-corrected chi connectivity index (χ0v) is 10.2. The highest BCUT2D eigenvalue weighted by Gasteiger charge is 2.29. The lowest BCUT2D eigenvalue weighted by Gasteiger charge is -2.07. The zero-order chi connectivity index (χ0) is 12.8. The Morgan fingerprint density at radius 1 is 1.21 bits per heavy atom. The van der Waals surface area contributed by atoms with Gasteiger partial charge in [0, 0.05) is 18.4 Å². The highest BCUT2D eigenvalue weighted by molar-refractivity contribution is 5.79. The van der Waals surface area contributed by atoms with E-state index < -0.39 is 0 Å². The fourth-order valence-corrected chi connectivity index (χ4v) is 2.37. The first kappa shape index (κ1) is 10.5. The second-order valence-corrected chi connectivity index (χ2v) is 4.78. The lowest BCUT2D eigenvalue weighted by molar-refractivity contribution is 0.474. The first-order valence-electron chi connectivity index (χ1n) is 6.31. The summed E-state index contributed by atoms with van der Waals surface area (Å²) in [6.07, 6.45) is 7.17. The summed E-state index contributed by atoms with van der Waals surface area (Å²) in [6.45, 7) is 0. The molecule has 3 heterocycles. The van der Waals surface area contributed by atoms with E-state index in [1.807, 2.05) is 12.1 Å². The summed E-state index contributed by atoms with van der Waals surface area (Å²) in [7, 11) is 0. The van der Waals surface area contributed by atoms with Gasteiger partial charge in [0.05, 0.1) is 11.8 Å². The smallest absolute Gasteiger partial charge is 0.160 e. The normalized spacial score (nSPS) is 14.9. The van der Waals surface area contributed by atoms with Crippen LogP contribution in [-0.2, 0) is 0 Å². The molecule has 0 aliphatic heterocycles. The van der Waals surface area contributed by atoms with E-state index in [1.165, 1.54) is 6.20 Å². The molecular formula is C14H12N4O. The van der Waals surface area contributed by atoms with Crippen molar-refractivity contribution in [2.24, 2.45) is 0 Å². The predicted molar refractivity (Wildman–Crippen MR) is 70.7 cm³/mol. The van der Waals surface area contributed by atoms with Crippen molar-refractivity contribution in [2.45, 2.75) is 18.9 Å². The van der Waals surface area contributed by atoms with Crippen LogP contribution in [0.25, 0.3) is 22.6 Å². The highest BCUT2D eigenvalue weighted by Crippen LogP contribution is 2.41. The Balaban J connectivity index is 2.04. The van der Waals surface area contributed by atoms with Gasteiger partial charge in [-0.15, -0.1) is 0 Å². The Bertz CT molecular complexity index is 761. The molecule has 4 rings (SSSR count). The van der Waals surface area contributed by atoms with Gasteiger partial charge in [-0.2, -0.15) is 0 Å². The van der Waals surface area contributed by atoms with Crippen molar-refractivity contribution in [3.8, 4) is 17.1 Å². The van der Waals surface area contributed by atoms with Crippen molar-refractivity contribution >= 4 is 11.2 Å². The summed E-state index contributed by atoms with van der Waals surface area (Å²) in [5, 5.41) is 9.98. The van der Waals surface area contributed by atoms with Gasteiger partial charge in [0.15, 0.2) is 5.65 Å². The van der Waals surface area contributed by atoms with Gasteiger partial charge in [-0.3, -0.25) is 4.98 Å². The van der Waals surface area contributed by atoms with Gasteiger partial charge >= 0.3 is 0 Å². The molecule has 1 aliphatic carbocycles. The number of nitrogens with zero attached hydrogens (tertiary/aromatic N) is 4. The molecule has 5 heteroatoms. The lowest BCUT2D eigenvalue weighted by atomic mass is 10.2. The molecule has 0 amide bonds. The van der Waals surface area contributed by atoms with Gasteiger partial charge in [-0.05, 0) is 31.0 Å². The molecule has 0 spiro atoms. The number of aromatic hydroxyl groups is 1. The Kier molecular flexibility index (Phi) is 2.09. The average molecular weight is 252 g/mol. The molecule has 0 aromatic carbocycles. The number of pyridine rings is 2. The summed E-state index contributed by atoms with van der Waals surface area (Å²) < 4.78 is 2.13. The number of aromatic nitrogens is 4. The Labute approximate surface area is 109 Å². The van der Waals surface area contributed by atoms with E-state index in [1.54, 1.807) is 18.5 Å². The van der Waals surface area contributed by atoms with Crippen LogP contribution < -0.4 is 0 Å². The fraction of sp³-hybridized carbons (Fsp3) is 0.214. The molecule has 3 aromatic rings. The van der Waals surface area contributed by atoms with E-state index in [0.29, 0.717) is 11.6 Å². The zero-order valence-electron chi connectivity index (χ0n) is 10.2. The first-order chi connectivity index (χ1) is 9.34. The van der Waals surface area contributed by atoms with Crippen LogP contribution in [0.2, 0.25) is 0 Å². The molecular weight excluding hydrogens is 240 g/mol. The topological polar surface area (TPSA) is 63.8 Å². The summed E-state index contributed by atoms with van der Waals surface area (Å²) >= 11 is 0. The van der Waals surface area contributed by atoms with Crippen molar-refractivity contribution in [2.75, 3.05) is 0 Å². The molecule has 0 bridgehead atoms. The van der Waals surface area contributed by atoms with Gasteiger partial charge in [-0.25, -0.2) is 9.97 Å². The predicted octanol–water partition coefficient (Wildman–Crippen LogP) is 2.53. The van der Waals surface area contributed by atoms with E-state index in [0.717, 1.165) is 29.8 Å². The SMILES string of the molecule is Oc1cnccc1-c1nc2cccnc2n1C1CC1. The number of fused-ring (bicyclic) bond motifs is 1. The molecule has 1 saturated carbocycles. The molecule has 0 unspecified atom stereocenters. The number of rotatable bonds is 2. The third-order valence-electron chi connectivity index (χ3n) is 3.40. The maximum Gasteiger partial charge on any atom is 0.160 e. The number of hydrogen-bond donors (Lipinski definition) is 1. The summed E-state index contributed by atoms with van der Waals surface area (Å²) in [5.41, 5.74) is 2.46. The van der Waals surface area contributed by atoms with Gasteiger partial charge in [0.25, 0.3) is 0 Å². The summed E-state index contributed by atoms with van der Waals surface area (Å²) in [5.74, 6) is 0.927. The van der Waals surface area contributed by atoms with Crippen LogP contribution in [0.4, 0.5) is 0 Å². The van der Waals surface area contributed by atoms with Crippen LogP contribution in [0, 0.1) is 0 Å². The quantitative estimate of drug-likeness (QED) is 0.761. The van der Waals surface area contributed by atoms with Crippen molar-refractivity contribution in [1.29, 1.82) is 0 Å². The van der Waals surface area contributed by atoms with E-state index >= 15 is 0 Å². The molecule has 3 aromatic heterocycles. The third kappa shape index (κ3) is 1.58. The summed E-state index contributed by atoms with van der Waals surface area (Å²) in [4.78, 5) is 13.0. The van der Waals surface area contributed by atoms with E-state index in [2.05, 4.69) is 19.5 Å². The molecule has 94 valence electrons. The minimum absolute atomic E-state index is 0.153. The van der Waals surface area contributed by atoms with Crippen LogP contribution in [0.3, 0.4) is 0 Å². The Hall–Kier alpha value is -2.43. The van der Waals surface area contributed by atoms with Crippen molar-refractivity contribution in [3.05, 3.63) is 36.8 Å². The minimum Gasteiger partial charge on any atom is -0.506 e. The van der Waals surface area contributed by atoms with Gasteiger partial charge in [0.2, 0.25) is 0 Å². The molecule has 1 N–H and O–H groups in total. The largest absolute Gasteiger partial charge is 0.506 e. The monoisotopic (exact) mass is 252 g/mol. The van der Waals surface area contributed by atoms with Crippen LogP contribution >= 0.6 is 0 Å². The van der Waals surface area contributed by atoms with Gasteiger partial charge in [-0.1, -0.05) is 0 Å². The fourth-order valence-electron chi connectivity index (χ4n) is 2.37. The van der Waals surface area contributed by atoms with E-state index in [-0.39, 0.29) is 5.75 Å². The second kappa shape index (κ2) is 3.78. The first-order valence-corrected chi connectivity index (χ1v) is 6.31. The van der Waals surface area contributed by atoms with Crippen molar-refractivity contribution in [1.82, 2.24) is 19.5 Å². The summed E-state index contributed by atoms with van der Waals surface area (Å²) in [6, 6.07) is 6.06. The molecule has 0 radical (unpaired) electrons. The standard InChI is InChI=1S/C14H12N4O/c19-12-8-15-7-5-10(12)13-17-11-2-1-6-16-14(11)18(13)9-3-4-9/h1-2,5-9,19H,3-4H2. The molecule has 5 nitrogen and oxygen atoms in total. The molecule has 19 heavy (non-hydrogen) atoms. The molecule has 0 saturated heterocycles. The van der Waals surface area contributed by atoms with Crippen LogP contribution in [0.15, 0.2) is 36.8 Å². The lowest BCUT2D eigenvalue weighted by Crippen LogP contribution is -1.98. The molecule has 0 atom stereocenters. The Morgan fingerprint density at radius 2 is 2.11 bits per heavy atom. The van der Waals surface area contributed by atoms with Crippen molar-refractivity contribution < 1.29 is 5.11 Å². The Morgan fingerprint density at radius 3 is 2.89 bits per heavy atom. The maximum atomic E-state index is 9.98. The van der Waals surface area contributed by atoms with Crippen LogP contribution in [0.1, 0.15) is 18.9 Å². The van der Waals surface area contributed by atoms with Crippen LogP contribution in [0.5, 0.6) is 5.75 Å². The molecule has 1 fully saturated rings. The maximum absolute atomic E-state index is 9.98. The second-order valence-electron chi connectivity index (χ2n) is 4.78. The number of hydrogen-bond acceptors (Lipinski definition) is 4.